The van der Waals surface area contributed by atoms with Crippen LogP contribution in [0.15, 0.2) is 18.2 Å². The Bertz CT molecular complexity index is 401. The number of halogens is 1. The van der Waals surface area contributed by atoms with Crippen LogP contribution in [0.25, 0.3) is 0 Å². The van der Waals surface area contributed by atoms with Crippen LogP contribution in [-0.4, -0.2) is 37.1 Å². The summed E-state index contributed by atoms with van der Waals surface area (Å²) in [7, 11) is -0.637. The Balaban J connectivity index is 2.70. The van der Waals surface area contributed by atoms with Gasteiger partial charge in [-0.2, -0.15) is 0 Å². The summed E-state index contributed by atoms with van der Waals surface area (Å²) in [6.07, 6.45) is 0. The van der Waals surface area contributed by atoms with Gasteiger partial charge in [0.15, 0.2) is 0 Å². The van der Waals surface area contributed by atoms with E-state index in [1.54, 1.807) is 0 Å². The predicted octanol–water partition coefficient (Wildman–Crippen LogP) is -0.492. The number of hydrogen-bond acceptors (Lipinski definition) is 5. The van der Waals surface area contributed by atoms with Crippen molar-refractivity contribution in [1.29, 1.82) is 0 Å². The van der Waals surface area contributed by atoms with Gasteiger partial charge in [-0.25, -0.2) is 4.39 Å². The Morgan fingerprint density at radius 1 is 1.53 bits per heavy atom. The van der Waals surface area contributed by atoms with Crippen molar-refractivity contribution >= 4 is 13.2 Å². The third kappa shape index (κ3) is 4.02. The Morgan fingerprint density at radius 2 is 2.24 bits per heavy atom. The second kappa shape index (κ2) is 6.19. The molecule has 0 saturated carbocycles. The van der Waals surface area contributed by atoms with Gasteiger partial charge >= 0.3 is 7.32 Å². The predicted molar refractivity (Wildman–Crippen MR) is 56.6 cm³/mol. The second-order valence-corrected chi connectivity index (χ2v) is 2.99. The molecule has 8 heteroatoms. The molecule has 6 nitrogen and oxygen atoms in total. The highest BCUT2D eigenvalue weighted by atomic mass is 19.1. The minimum Gasteiger partial charge on any atom is -0.496 e. The molecule has 0 heterocycles. The zero-order valence-electron chi connectivity index (χ0n) is 9.01. The highest BCUT2D eigenvalue weighted by Gasteiger charge is 2.14. The monoisotopic (exact) mass is 243 g/mol. The van der Waals surface area contributed by atoms with E-state index in [9.17, 15) is 9.18 Å². The number of methoxy groups -OCH3 is 1. The van der Waals surface area contributed by atoms with Gasteiger partial charge in [-0.15, -0.1) is 0 Å². The first-order valence-electron chi connectivity index (χ1n) is 4.64. The number of hydrogen-bond donors (Lipinski definition) is 3. The number of rotatable bonds is 5. The summed E-state index contributed by atoms with van der Waals surface area (Å²) in [4.78, 5) is 11.6. The van der Waals surface area contributed by atoms with Gasteiger partial charge in [0.25, 0.3) is 5.91 Å². The van der Waals surface area contributed by atoms with Crippen LogP contribution in [0, 0.1) is 5.82 Å². The van der Waals surface area contributed by atoms with Gasteiger partial charge in [-0.3, -0.25) is 4.79 Å². The number of ether oxygens (including phenoxy) is 1. The maximum absolute atomic E-state index is 12.9. The SMILES string of the molecule is COc1ccc(F)cc1C(=O)NCOB(O)O. The van der Waals surface area contributed by atoms with E-state index in [-0.39, 0.29) is 11.3 Å². The van der Waals surface area contributed by atoms with Gasteiger partial charge in [-0.1, -0.05) is 0 Å². The van der Waals surface area contributed by atoms with Crippen LogP contribution in [0.2, 0.25) is 0 Å². The topological polar surface area (TPSA) is 88.0 Å². The average molecular weight is 243 g/mol. The molecule has 0 fully saturated rings. The zero-order valence-corrected chi connectivity index (χ0v) is 9.01. The Kier molecular flexibility index (Phi) is 4.89. The lowest BCUT2D eigenvalue weighted by Crippen LogP contribution is -2.31. The quantitative estimate of drug-likeness (QED) is 0.479. The number of nitrogens with one attached hydrogen (secondary N) is 1. The lowest BCUT2D eigenvalue weighted by molar-refractivity contribution is 0.0888. The minimum atomic E-state index is -1.98. The third-order valence-corrected chi connectivity index (χ3v) is 1.87. The first kappa shape index (κ1) is 13.4. The molecule has 17 heavy (non-hydrogen) atoms. The summed E-state index contributed by atoms with van der Waals surface area (Å²) >= 11 is 0. The van der Waals surface area contributed by atoms with E-state index >= 15 is 0 Å². The molecule has 92 valence electrons. The van der Waals surface area contributed by atoms with Gasteiger partial charge in [-0.05, 0) is 18.2 Å². The lowest BCUT2D eigenvalue weighted by Gasteiger charge is -2.09. The highest BCUT2D eigenvalue weighted by molar-refractivity contribution is 6.32. The average Bonchev–Trinajstić information content (AvgIpc) is 2.28. The highest BCUT2D eigenvalue weighted by Crippen LogP contribution is 2.18. The molecule has 0 aliphatic carbocycles. The number of benzene rings is 1. The molecule has 1 aromatic rings. The normalized spacial score (nSPS) is 9.88. The summed E-state index contributed by atoms with van der Waals surface area (Å²) in [5.41, 5.74) is -0.0106. The molecule has 1 rings (SSSR count). The van der Waals surface area contributed by atoms with Crippen molar-refractivity contribution in [3.63, 3.8) is 0 Å². The van der Waals surface area contributed by atoms with Crippen LogP contribution < -0.4 is 10.1 Å². The molecule has 0 unspecified atom stereocenters. The van der Waals surface area contributed by atoms with E-state index < -0.39 is 25.8 Å². The van der Waals surface area contributed by atoms with Crippen LogP contribution in [0.5, 0.6) is 5.75 Å². The fourth-order valence-corrected chi connectivity index (χ4v) is 1.13. The largest absolute Gasteiger partial charge is 0.635 e. The van der Waals surface area contributed by atoms with E-state index in [2.05, 4.69) is 9.97 Å². The number of amides is 1. The molecular formula is C9H11BFNO5. The maximum atomic E-state index is 12.9. The Morgan fingerprint density at radius 3 is 2.82 bits per heavy atom. The molecule has 3 N–H and O–H groups in total. The summed E-state index contributed by atoms with van der Waals surface area (Å²) in [6.45, 7) is -0.420. The fraction of sp³-hybridized carbons (Fsp3) is 0.222. The van der Waals surface area contributed by atoms with Gasteiger partial charge in [0.1, 0.15) is 18.3 Å². The van der Waals surface area contributed by atoms with Crippen LogP contribution >= 0.6 is 0 Å². The van der Waals surface area contributed by atoms with Crippen molar-refractivity contribution in [2.75, 3.05) is 13.8 Å². The second-order valence-electron chi connectivity index (χ2n) is 2.99. The van der Waals surface area contributed by atoms with Crippen molar-refractivity contribution in [2.45, 2.75) is 0 Å². The first-order valence-corrected chi connectivity index (χ1v) is 4.64. The molecule has 0 aromatic heterocycles. The Hall–Kier alpha value is -1.64. The van der Waals surface area contributed by atoms with Crippen LogP contribution in [0.1, 0.15) is 10.4 Å². The minimum absolute atomic E-state index is 0.0106. The van der Waals surface area contributed by atoms with E-state index in [0.29, 0.717) is 0 Å². The molecular weight excluding hydrogens is 232 g/mol. The summed E-state index contributed by atoms with van der Waals surface area (Å²) < 4.78 is 22.1. The molecule has 0 bridgehead atoms. The van der Waals surface area contributed by atoms with Crippen molar-refractivity contribution in [1.82, 2.24) is 5.32 Å². The summed E-state index contributed by atoms with van der Waals surface area (Å²) in [5, 5.41) is 19.0. The summed E-state index contributed by atoms with van der Waals surface area (Å²) in [6, 6.07) is 3.47. The molecule has 0 radical (unpaired) electrons. The van der Waals surface area contributed by atoms with E-state index in [0.717, 1.165) is 12.1 Å². The van der Waals surface area contributed by atoms with Gasteiger partial charge < -0.3 is 24.8 Å². The third-order valence-electron chi connectivity index (χ3n) is 1.87. The molecule has 0 aliphatic heterocycles. The molecule has 1 amide bonds. The lowest BCUT2D eigenvalue weighted by atomic mass is 10.2. The Labute approximate surface area is 97.1 Å². The van der Waals surface area contributed by atoms with Crippen LogP contribution in [0.4, 0.5) is 4.39 Å². The smallest absolute Gasteiger partial charge is 0.496 e. The number of carbonyl (C=O) groups excluding carboxylic acids is 1. The van der Waals surface area contributed by atoms with Gasteiger partial charge in [0, 0.05) is 0 Å². The molecule has 1 aromatic carbocycles. The van der Waals surface area contributed by atoms with Crippen molar-refractivity contribution in [3.8, 4) is 5.75 Å². The molecule has 0 aliphatic rings. The van der Waals surface area contributed by atoms with E-state index in [4.69, 9.17) is 14.8 Å². The standard InChI is InChI=1S/C9H11BFNO5/c1-16-8-3-2-6(11)4-7(8)9(13)12-5-17-10(14)15/h2-4,14-15H,5H2,1H3,(H,12,13). The van der Waals surface area contributed by atoms with Crippen molar-refractivity contribution < 1.29 is 28.6 Å². The van der Waals surface area contributed by atoms with Crippen LogP contribution in [-0.2, 0) is 4.65 Å². The first-order chi connectivity index (χ1) is 8.04. The van der Waals surface area contributed by atoms with Crippen LogP contribution in [0.3, 0.4) is 0 Å². The molecule has 0 saturated heterocycles. The molecule has 0 spiro atoms. The zero-order chi connectivity index (χ0) is 12.8. The van der Waals surface area contributed by atoms with E-state index in [1.807, 2.05) is 0 Å². The summed E-state index contributed by atoms with van der Waals surface area (Å²) in [5.74, 6) is -1.03. The number of carbonyl (C=O) groups is 1. The van der Waals surface area contributed by atoms with E-state index in [1.165, 1.54) is 13.2 Å². The fourth-order valence-electron chi connectivity index (χ4n) is 1.13. The van der Waals surface area contributed by atoms with Gasteiger partial charge in [0.05, 0.1) is 12.7 Å². The molecule has 0 atom stereocenters. The van der Waals surface area contributed by atoms with Gasteiger partial charge in [0.2, 0.25) is 0 Å². The van der Waals surface area contributed by atoms with Crippen molar-refractivity contribution in [2.24, 2.45) is 0 Å². The maximum Gasteiger partial charge on any atom is 0.635 e. The van der Waals surface area contributed by atoms with Crippen molar-refractivity contribution in [3.05, 3.63) is 29.6 Å².